The highest BCUT2D eigenvalue weighted by atomic mass is 16.5. The van der Waals surface area contributed by atoms with E-state index in [4.69, 9.17) is 9.47 Å². The van der Waals surface area contributed by atoms with Crippen LogP contribution in [0, 0.1) is 0 Å². The van der Waals surface area contributed by atoms with E-state index in [-0.39, 0.29) is 0 Å². The van der Waals surface area contributed by atoms with Gasteiger partial charge in [0.1, 0.15) is 0 Å². The van der Waals surface area contributed by atoms with Crippen LogP contribution in [0.1, 0.15) is 19.3 Å². The van der Waals surface area contributed by atoms with E-state index >= 15 is 0 Å². The van der Waals surface area contributed by atoms with E-state index in [0.29, 0.717) is 12.2 Å². The molecule has 2 atom stereocenters. The van der Waals surface area contributed by atoms with Gasteiger partial charge < -0.3 is 9.47 Å². The Bertz CT molecular complexity index is 73.0. The third-order valence-corrected chi connectivity index (χ3v) is 2.00. The van der Waals surface area contributed by atoms with Gasteiger partial charge in [0, 0.05) is 14.2 Å². The minimum atomic E-state index is 0.356. The second kappa shape index (κ2) is 3.18. The van der Waals surface area contributed by atoms with Crippen molar-refractivity contribution in [2.75, 3.05) is 14.2 Å². The minimum Gasteiger partial charge on any atom is -0.379 e. The van der Waals surface area contributed by atoms with Gasteiger partial charge in [0.25, 0.3) is 0 Å². The number of hydrogen-bond donors (Lipinski definition) is 0. The third-order valence-electron chi connectivity index (χ3n) is 2.00. The summed E-state index contributed by atoms with van der Waals surface area (Å²) in [6.45, 7) is 0. The van der Waals surface area contributed by atoms with Gasteiger partial charge in [0.15, 0.2) is 0 Å². The topological polar surface area (TPSA) is 18.5 Å². The van der Waals surface area contributed by atoms with Crippen LogP contribution in [-0.2, 0) is 9.47 Å². The molecule has 1 aliphatic carbocycles. The summed E-state index contributed by atoms with van der Waals surface area (Å²) in [5.74, 6) is 0. The molecular weight excluding hydrogens is 116 g/mol. The summed E-state index contributed by atoms with van der Waals surface area (Å²) in [7, 11) is 3.50. The van der Waals surface area contributed by atoms with Crippen molar-refractivity contribution in [3.8, 4) is 0 Å². The van der Waals surface area contributed by atoms with Crippen LogP contribution in [-0.4, -0.2) is 26.4 Å². The van der Waals surface area contributed by atoms with Gasteiger partial charge in [0.05, 0.1) is 12.2 Å². The Morgan fingerprint density at radius 2 is 1.44 bits per heavy atom. The molecule has 0 saturated heterocycles. The Morgan fingerprint density at radius 3 is 1.78 bits per heavy atom. The van der Waals surface area contributed by atoms with Crippen LogP contribution >= 0.6 is 0 Å². The van der Waals surface area contributed by atoms with Gasteiger partial charge in [-0.05, 0) is 19.3 Å². The zero-order chi connectivity index (χ0) is 6.69. The molecule has 0 aromatic heterocycles. The number of rotatable bonds is 2. The molecule has 0 radical (unpaired) electrons. The first-order valence-electron chi connectivity index (χ1n) is 3.44. The van der Waals surface area contributed by atoms with E-state index in [2.05, 4.69) is 0 Å². The van der Waals surface area contributed by atoms with Crippen molar-refractivity contribution in [3.05, 3.63) is 0 Å². The van der Waals surface area contributed by atoms with Gasteiger partial charge in [-0.2, -0.15) is 0 Å². The predicted octanol–water partition coefficient (Wildman–Crippen LogP) is 1.20. The van der Waals surface area contributed by atoms with E-state index in [0.717, 1.165) is 12.8 Å². The molecule has 0 N–H and O–H groups in total. The van der Waals surface area contributed by atoms with Gasteiger partial charge in [-0.15, -0.1) is 0 Å². The summed E-state index contributed by atoms with van der Waals surface area (Å²) in [5.41, 5.74) is 0. The quantitative estimate of drug-likeness (QED) is 0.559. The fourth-order valence-corrected chi connectivity index (χ4v) is 1.43. The molecule has 9 heavy (non-hydrogen) atoms. The summed E-state index contributed by atoms with van der Waals surface area (Å²) < 4.78 is 10.4. The van der Waals surface area contributed by atoms with E-state index < -0.39 is 0 Å². The molecule has 0 bridgehead atoms. The summed E-state index contributed by atoms with van der Waals surface area (Å²) in [6, 6.07) is 0. The molecule has 0 heterocycles. The fourth-order valence-electron chi connectivity index (χ4n) is 1.43. The molecule has 1 unspecified atom stereocenters. The zero-order valence-electron chi connectivity index (χ0n) is 6.09. The first-order chi connectivity index (χ1) is 4.38. The molecule has 0 aromatic carbocycles. The molecular formula is C7H14O2. The molecule has 2 nitrogen and oxygen atoms in total. The maximum absolute atomic E-state index is 5.19. The van der Waals surface area contributed by atoms with Crippen molar-refractivity contribution >= 4 is 0 Å². The van der Waals surface area contributed by atoms with Crippen molar-refractivity contribution < 1.29 is 9.47 Å². The lowest BCUT2D eigenvalue weighted by Gasteiger charge is -2.15. The summed E-state index contributed by atoms with van der Waals surface area (Å²) >= 11 is 0. The van der Waals surface area contributed by atoms with E-state index in [1.54, 1.807) is 14.2 Å². The standard InChI is InChI=1S/C7H14O2/c1-8-6-4-3-5-7(6)9-2/h6-7H,3-5H2,1-2H3/t6-,7?/m0/s1. The molecule has 1 rings (SSSR count). The Hall–Kier alpha value is -0.0800. The predicted molar refractivity (Wildman–Crippen MR) is 35.4 cm³/mol. The van der Waals surface area contributed by atoms with Gasteiger partial charge >= 0.3 is 0 Å². The molecule has 0 aromatic rings. The zero-order valence-corrected chi connectivity index (χ0v) is 6.09. The third kappa shape index (κ3) is 1.43. The largest absolute Gasteiger partial charge is 0.379 e. The van der Waals surface area contributed by atoms with E-state index in [1.165, 1.54) is 6.42 Å². The number of methoxy groups -OCH3 is 2. The maximum Gasteiger partial charge on any atom is 0.0832 e. The van der Waals surface area contributed by atoms with Gasteiger partial charge in [-0.25, -0.2) is 0 Å². The fraction of sp³-hybridized carbons (Fsp3) is 1.00. The lowest BCUT2D eigenvalue weighted by molar-refractivity contribution is -0.0157. The Balaban J connectivity index is 2.32. The van der Waals surface area contributed by atoms with E-state index in [1.807, 2.05) is 0 Å². The Labute approximate surface area is 56.2 Å². The van der Waals surface area contributed by atoms with Crippen LogP contribution < -0.4 is 0 Å². The van der Waals surface area contributed by atoms with Crippen LogP contribution in [0.3, 0.4) is 0 Å². The molecule has 1 saturated carbocycles. The summed E-state index contributed by atoms with van der Waals surface area (Å²) in [6.07, 6.45) is 4.28. The average molecular weight is 130 g/mol. The maximum atomic E-state index is 5.19. The molecule has 0 spiro atoms. The highest BCUT2D eigenvalue weighted by Gasteiger charge is 2.26. The highest BCUT2D eigenvalue weighted by molar-refractivity contribution is 4.77. The van der Waals surface area contributed by atoms with Crippen LogP contribution in [0.2, 0.25) is 0 Å². The second-order valence-electron chi connectivity index (χ2n) is 2.48. The van der Waals surface area contributed by atoms with Crippen molar-refractivity contribution in [2.24, 2.45) is 0 Å². The van der Waals surface area contributed by atoms with Gasteiger partial charge in [-0.1, -0.05) is 0 Å². The highest BCUT2D eigenvalue weighted by Crippen LogP contribution is 2.23. The average Bonchev–Trinajstić information content (AvgIpc) is 2.33. The smallest absolute Gasteiger partial charge is 0.0832 e. The second-order valence-corrected chi connectivity index (χ2v) is 2.48. The summed E-state index contributed by atoms with van der Waals surface area (Å²) in [4.78, 5) is 0. The van der Waals surface area contributed by atoms with Crippen molar-refractivity contribution in [3.63, 3.8) is 0 Å². The minimum absolute atomic E-state index is 0.356. The molecule has 0 amide bonds. The Kier molecular flexibility index (Phi) is 2.49. The van der Waals surface area contributed by atoms with Crippen LogP contribution in [0.5, 0.6) is 0 Å². The van der Waals surface area contributed by atoms with Crippen molar-refractivity contribution in [1.82, 2.24) is 0 Å². The molecule has 2 heteroatoms. The molecule has 54 valence electrons. The first kappa shape index (κ1) is 7.03. The van der Waals surface area contributed by atoms with Crippen LogP contribution in [0.15, 0.2) is 0 Å². The monoisotopic (exact) mass is 130 g/mol. The van der Waals surface area contributed by atoms with Gasteiger partial charge in [-0.3, -0.25) is 0 Å². The number of ether oxygens (including phenoxy) is 2. The molecule has 1 fully saturated rings. The number of hydrogen-bond acceptors (Lipinski definition) is 2. The normalized spacial score (nSPS) is 35.3. The van der Waals surface area contributed by atoms with Gasteiger partial charge in [0.2, 0.25) is 0 Å². The molecule has 0 aliphatic heterocycles. The van der Waals surface area contributed by atoms with Crippen molar-refractivity contribution in [1.29, 1.82) is 0 Å². The van der Waals surface area contributed by atoms with Crippen molar-refractivity contribution in [2.45, 2.75) is 31.5 Å². The van der Waals surface area contributed by atoms with Crippen LogP contribution in [0.25, 0.3) is 0 Å². The lowest BCUT2D eigenvalue weighted by Crippen LogP contribution is -2.23. The Morgan fingerprint density at radius 1 is 1.00 bits per heavy atom. The summed E-state index contributed by atoms with van der Waals surface area (Å²) in [5, 5.41) is 0. The SMILES string of the molecule is COC1CCC[C@@H]1OC. The van der Waals surface area contributed by atoms with Crippen LogP contribution in [0.4, 0.5) is 0 Å². The first-order valence-corrected chi connectivity index (χ1v) is 3.44. The lowest BCUT2D eigenvalue weighted by atomic mass is 10.3. The van der Waals surface area contributed by atoms with E-state index in [9.17, 15) is 0 Å². The molecule has 1 aliphatic rings.